The van der Waals surface area contributed by atoms with Crippen molar-refractivity contribution in [3.63, 3.8) is 0 Å². The van der Waals surface area contributed by atoms with Gasteiger partial charge in [-0.15, -0.1) is 0 Å². The van der Waals surface area contributed by atoms with Crippen molar-refractivity contribution in [2.75, 3.05) is 17.0 Å². The van der Waals surface area contributed by atoms with Crippen LogP contribution in [0.15, 0.2) is 24.3 Å². The Morgan fingerprint density at radius 3 is 2.94 bits per heavy atom. The molecule has 1 atom stereocenters. The maximum Gasteiger partial charge on any atom is 0.232 e. The van der Waals surface area contributed by atoms with E-state index >= 15 is 0 Å². The molecule has 0 radical (unpaired) electrons. The number of sulfonamides is 1. The standard InChI is InChI=1S/C12H17FN2O2S/c13-10-3-1-4-12(9-10)15-18(16,17)8-6-11-5-2-7-14-11/h1,3-4,9,11,14-15H,2,5-8H2. The Hall–Kier alpha value is -1.14. The zero-order valence-corrected chi connectivity index (χ0v) is 10.8. The summed E-state index contributed by atoms with van der Waals surface area (Å²) < 4.78 is 38.9. The van der Waals surface area contributed by atoms with Crippen LogP contribution in [-0.4, -0.2) is 26.8 Å². The zero-order chi connectivity index (χ0) is 13.0. The molecule has 0 bridgehead atoms. The normalized spacial score (nSPS) is 19.9. The maximum absolute atomic E-state index is 12.9. The zero-order valence-electron chi connectivity index (χ0n) is 10.0. The van der Waals surface area contributed by atoms with Crippen molar-refractivity contribution in [3.05, 3.63) is 30.1 Å². The highest BCUT2D eigenvalue weighted by Gasteiger charge is 2.18. The molecule has 1 unspecified atom stereocenters. The van der Waals surface area contributed by atoms with Gasteiger partial charge in [-0.3, -0.25) is 4.72 Å². The van der Waals surface area contributed by atoms with E-state index in [1.54, 1.807) is 0 Å². The first-order chi connectivity index (χ1) is 8.55. The minimum Gasteiger partial charge on any atom is -0.314 e. The van der Waals surface area contributed by atoms with Gasteiger partial charge in [0, 0.05) is 6.04 Å². The second-order valence-electron chi connectivity index (χ2n) is 4.51. The van der Waals surface area contributed by atoms with E-state index in [1.807, 2.05) is 0 Å². The second-order valence-corrected chi connectivity index (χ2v) is 6.36. The molecule has 1 aromatic carbocycles. The lowest BCUT2D eigenvalue weighted by molar-refractivity contribution is 0.565. The summed E-state index contributed by atoms with van der Waals surface area (Å²) in [6.45, 7) is 0.960. The van der Waals surface area contributed by atoms with Crippen LogP contribution in [0.4, 0.5) is 10.1 Å². The van der Waals surface area contributed by atoms with E-state index in [2.05, 4.69) is 10.0 Å². The number of halogens is 1. The lowest BCUT2D eigenvalue weighted by atomic mass is 10.2. The highest BCUT2D eigenvalue weighted by Crippen LogP contribution is 2.14. The van der Waals surface area contributed by atoms with E-state index in [0.717, 1.165) is 19.4 Å². The summed E-state index contributed by atoms with van der Waals surface area (Å²) in [6.07, 6.45) is 2.71. The summed E-state index contributed by atoms with van der Waals surface area (Å²) in [5.41, 5.74) is 0.273. The molecular formula is C12H17FN2O2S. The van der Waals surface area contributed by atoms with Gasteiger partial charge in [-0.1, -0.05) is 6.07 Å². The molecule has 100 valence electrons. The van der Waals surface area contributed by atoms with Crippen molar-refractivity contribution in [3.8, 4) is 0 Å². The van der Waals surface area contributed by atoms with Crippen LogP contribution in [0.5, 0.6) is 0 Å². The predicted molar refractivity (Wildman–Crippen MR) is 69.5 cm³/mol. The topological polar surface area (TPSA) is 58.2 Å². The van der Waals surface area contributed by atoms with Crippen LogP contribution in [-0.2, 0) is 10.0 Å². The van der Waals surface area contributed by atoms with Crippen molar-refractivity contribution >= 4 is 15.7 Å². The van der Waals surface area contributed by atoms with Gasteiger partial charge in [-0.2, -0.15) is 0 Å². The molecule has 0 spiro atoms. The smallest absolute Gasteiger partial charge is 0.232 e. The second kappa shape index (κ2) is 5.67. The third kappa shape index (κ3) is 3.96. The summed E-state index contributed by atoms with van der Waals surface area (Å²) in [6, 6.07) is 5.75. The van der Waals surface area contributed by atoms with Gasteiger partial charge in [0.2, 0.25) is 10.0 Å². The van der Waals surface area contributed by atoms with E-state index in [9.17, 15) is 12.8 Å². The average molecular weight is 272 g/mol. The molecule has 0 saturated carbocycles. The number of rotatable bonds is 5. The molecule has 0 aromatic heterocycles. The lowest BCUT2D eigenvalue weighted by Crippen LogP contribution is -2.26. The van der Waals surface area contributed by atoms with Crippen LogP contribution >= 0.6 is 0 Å². The lowest BCUT2D eigenvalue weighted by Gasteiger charge is -2.11. The number of benzene rings is 1. The van der Waals surface area contributed by atoms with Crippen LogP contribution in [0.3, 0.4) is 0 Å². The van der Waals surface area contributed by atoms with Gasteiger partial charge >= 0.3 is 0 Å². The molecule has 0 amide bonds. The van der Waals surface area contributed by atoms with Crippen LogP contribution in [0.25, 0.3) is 0 Å². The molecule has 18 heavy (non-hydrogen) atoms. The highest BCUT2D eigenvalue weighted by molar-refractivity contribution is 7.92. The van der Waals surface area contributed by atoms with Gasteiger partial charge in [0.15, 0.2) is 0 Å². The van der Waals surface area contributed by atoms with E-state index < -0.39 is 15.8 Å². The molecule has 1 fully saturated rings. The first kappa shape index (κ1) is 13.3. The van der Waals surface area contributed by atoms with Crippen LogP contribution in [0.1, 0.15) is 19.3 Å². The highest BCUT2D eigenvalue weighted by atomic mass is 32.2. The number of hydrogen-bond acceptors (Lipinski definition) is 3. The molecule has 6 heteroatoms. The summed E-state index contributed by atoms with van der Waals surface area (Å²) in [4.78, 5) is 0. The quantitative estimate of drug-likeness (QED) is 0.858. The Morgan fingerprint density at radius 2 is 2.28 bits per heavy atom. The van der Waals surface area contributed by atoms with Crippen molar-refractivity contribution in [1.82, 2.24) is 5.32 Å². The van der Waals surface area contributed by atoms with E-state index in [0.29, 0.717) is 6.42 Å². The largest absolute Gasteiger partial charge is 0.314 e. The summed E-state index contributed by atoms with van der Waals surface area (Å²) in [7, 11) is -3.40. The molecule has 0 aliphatic carbocycles. The minimum atomic E-state index is -3.40. The van der Waals surface area contributed by atoms with Gasteiger partial charge < -0.3 is 5.32 Å². The van der Waals surface area contributed by atoms with Gasteiger partial charge in [0.05, 0.1) is 11.4 Å². The number of nitrogens with one attached hydrogen (secondary N) is 2. The third-order valence-corrected chi connectivity index (χ3v) is 4.32. The molecule has 1 aromatic rings. The number of anilines is 1. The van der Waals surface area contributed by atoms with Gasteiger partial charge in [0.1, 0.15) is 5.82 Å². The SMILES string of the molecule is O=S(=O)(CCC1CCCN1)Nc1cccc(F)c1. The molecule has 4 nitrogen and oxygen atoms in total. The molecule has 1 aliphatic heterocycles. The fraction of sp³-hybridized carbons (Fsp3) is 0.500. The first-order valence-corrected chi connectivity index (χ1v) is 7.70. The molecular weight excluding hydrogens is 255 g/mol. The van der Waals surface area contributed by atoms with Crippen LogP contribution in [0, 0.1) is 5.82 Å². The molecule has 2 N–H and O–H groups in total. The Bertz CT molecular complexity index is 499. The van der Waals surface area contributed by atoms with Crippen molar-refractivity contribution in [1.29, 1.82) is 0 Å². The van der Waals surface area contributed by atoms with Crippen molar-refractivity contribution < 1.29 is 12.8 Å². The predicted octanol–water partition coefficient (Wildman–Crippen LogP) is 1.71. The average Bonchev–Trinajstić information content (AvgIpc) is 2.78. The first-order valence-electron chi connectivity index (χ1n) is 6.05. The molecule has 1 heterocycles. The Labute approximate surface area is 107 Å². The van der Waals surface area contributed by atoms with E-state index in [4.69, 9.17) is 0 Å². The summed E-state index contributed by atoms with van der Waals surface area (Å²) in [5.74, 6) is -0.395. The minimum absolute atomic E-state index is 0.0567. The Morgan fingerprint density at radius 1 is 1.44 bits per heavy atom. The molecule has 1 saturated heterocycles. The fourth-order valence-electron chi connectivity index (χ4n) is 2.08. The summed E-state index contributed by atoms with van der Waals surface area (Å²) >= 11 is 0. The fourth-order valence-corrected chi connectivity index (χ4v) is 3.27. The maximum atomic E-state index is 12.9. The van der Waals surface area contributed by atoms with Crippen LogP contribution < -0.4 is 10.0 Å². The number of hydrogen-bond donors (Lipinski definition) is 2. The molecule has 2 rings (SSSR count). The third-order valence-electron chi connectivity index (χ3n) is 3.00. The van der Waals surface area contributed by atoms with Crippen LogP contribution in [0.2, 0.25) is 0 Å². The molecule has 1 aliphatic rings. The summed E-state index contributed by atoms with van der Waals surface area (Å²) in [5, 5.41) is 3.25. The van der Waals surface area contributed by atoms with E-state index in [1.165, 1.54) is 24.3 Å². The van der Waals surface area contributed by atoms with Gasteiger partial charge in [-0.25, -0.2) is 12.8 Å². The van der Waals surface area contributed by atoms with E-state index in [-0.39, 0.29) is 17.5 Å². The van der Waals surface area contributed by atoms with Crippen molar-refractivity contribution in [2.45, 2.75) is 25.3 Å². The monoisotopic (exact) mass is 272 g/mol. The van der Waals surface area contributed by atoms with Gasteiger partial charge in [-0.05, 0) is 44.0 Å². The van der Waals surface area contributed by atoms with Gasteiger partial charge in [0.25, 0.3) is 0 Å². The Balaban J connectivity index is 1.90. The Kier molecular flexibility index (Phi) is 4.19. The van der Waals surface area contributed by atoms with Crippen molar-refractivity contribution in [2.24, 2.45) is 0 Å².